The first-order chi connectivity index (χ1) is 17.7. The van der Waals surface area contributed by atoms with Crippen LogP contribution in [0.25, 0.3) is 0 Å². The highest BCUT2D eigenvalue weighted by molar-refractivity contribution is 7.19. The molecule has 15 heteroatoms. The molecule has 37 heavy (non-hydrogen) atoms. The summed E-state index contributed by atoms with van der Waals surface area (Å²) < 4.78 is 15.9. The van der Waals surface area contributed by atoms with Crippen LogP contribution in [0.15, 0.2) is 18.2 Å². The van der Waals surface area contributed by atoms with Gasteiger partial charge in [-0.2, -0.15) is 0 Å². The van der Waals surface area contributed by atoms with Gasteiger partial charge in [0, 0.05) is 19.2 Å². The third-order valence-corrected chi connectivity index (χ3v) is 5.54. The van der Waals surface area contributed by atoms with Crippen molar-refractivity contribution in [3.63, 3.8) is 0 Å². The number of rotatable bonds is 17. The number of carboxylic acids is 1. The number of aryl methyl sites for hydroxylation is 1. The van der Waals surface area contributed by atoms with E-state index >= 15 is 0 Å². The van der Waals surface area contributed by atoms with E-state index in [0.717, 1.165) is 11.3 Å². The van der Waals surface area contributed by atoms with Crippen LogP contribution in [0.3, 0.4) is 0 Å². The zero-order valence-electron chi connectivity index (χ0n) is 20.4. The van der Waals surface area contributed by atoms with E-state index in [4.69, 9.17) is 19.3 Å². The van der Waals surface area contributed by atoms with Gasteiger partial charge in [-0.25, -0.2) is 4.98 Å². The molecule has 4 N–H and O–H groups in total. The maximum atomic E-state index is 12.8. The number of hydrogen-bond donors (Lipinski definition) is 4. The molecule has 0 aliphatic heterocycles. The molecule has 0 atom stereocenters. The summed E-state index contributed by atoms with van der Waals surface area (Å²) in [6.45, 7) is 5.13. The van der Waals surface area contributed by atoms with Crippen LogP contribution in [0.4, 0.5) is 21.5 Å². The van der Waals surface area contributed by atoms with Crippen molar-refractivity contribution in [3.05, 3.63) is 39.6 Å². The monoisotopic (exact) mass is 539 g/mol. The van der Waals surface area contributed by atoms with E-state index in [1.807, 2.05) is 0 Å². The van der Waals surface area contributed by atoms with Crippen LogP contribution in [0.5, 0.6) is 0 Å². The zero-order valence-corrected chi connectivity index (χ0v) is 21.2. The number of hydrogen-bond acceptors (Lipinski definition) is 11. The molecule has 2 aromatic rings. The molecule has 0 saturated heterocycles. The first kappa shape index (κ1) is 29.6. The third kappa shape index (κ3) is 10.9. The molecule has 0 spiro atoms. The van der Waals surface area contributed by atoms with Gasteiger partial charge in [0.1, 0.15) is 5.69 Å². The van der Waals surface area contributed by atoms with Crippen molar-refractivity contribution in [3.8, 4) is 0 Å². The van der Waals surface area contributed by atoms with Crippen molar-refractivity contribution in [1.82, 2.24) is 4.98 Å². The Balaban J connectivity index is 1.78. The average molecular weight is 540 g/mol. The maximum absolute atomic E-state index is 12.8. The lowest BCUT2D eigenvalue weighted by Gasteiger charge is -2.13. The number of nitro groups is 1. The van der Waals surface area contributed by atoms with Gasteiger partial charge in [0.15, 0.2) is 5.13 Å². The van der Waals surface area contributed by atoms with Gasteiger partial charge in [-0.15, -0.1) is 0 Å². The minimum Gasteiger partial charge on any atom is -0.481 e. The Morgan fingerprint density at radius 3 is 2.30 bits per heavy atom. The van der Waals surface area contributed by atoms with E-state index in [9.17, 15) is 24.5 Å². The van der Waals surface area contributed by atoms with Gasteiger partial charge in [0.2, 0.25) is 5.91 Å². The van der Waals surface area contributed by atoms with Crippen molar-refractivity contribution >= 4 is 50.6 Å². The molecule has 2 rings (SSSR count). The Labute approximate surface area is 216 Å². The molecule has 202 valence electrons. The zero-order chi connectivity index (χ0) is 27.2. The predicted molar refractivity (Wildman–Crippen MR) is 135 cm³/mol. The van der Waals surface area contributed by atoms with Crippen molar-refractivity contribution in [1.29, 1.82) is 0 Å². The Kier molecular flexibility index (Phi) is 12.3. The fourth-order valence-electron chi connectivity index (χ4n) is 2.89. The molecular formula is C22H29N5O9S. The largest absolute Gasteiger partial charge is 0.481 e. The molecule has 14 nitrogen and oxygen atoms in total. The Morgan fingerprint density at radius 1 is 1.05 bits per heavy atom. The lowest BCUT2D eigenvalue weighted by atomic mass is 10.1. The summed E-state index contributed by atoms with van der Waals surface area (Å²) >= 11 is 0.749. The van der Waals surface area contributed by atoms with Crippen LogP contribution in [-0.4, -0.2) is 79.0 Å². The number of ether oxygens (including phenoxy) is 3. The highest BCUT2D eigenvalue weighted by Gasteiger charge is 2.20. The second-order valence-corrected chi connectivity index (χ2v) is 8.45. The normalized spacial score (nSPS) is 10.6. The number of amides is 2. The lowest BCUT2D eigenvalue weighted by Crippen LogP contribution is -2.17. The van der Waals surface area contributed by atoms with Crippen molar-refractivity contribution in [2.45, 2.75) is 20.3 Å². The van der Waals surface area contributed by atoms with Gasteiger partial charge in [-0.1, -0.05) is 0 Å². The third-order valence-electron chi connectivity index (χ3n) is 4.51. The Morgan fingerprint density at radius 2 is 1.70 bits per heavy atom. The van der Waals surface area contributed by atoms with E-state index in [2.05, 4.69) is 20.9 Å². The van der Waals surface area contributed by atoms with E-state index in [-0.39, 0.29) is 46.0 Å². The lowest BCUT2D eigenvalue weighted by molar-refractivity contribution is -0.380. The van der Waals surface area contributed by atoms with Crippen LogP contribution in [0, 0.1) is 17.0 Å². The van der Waals surface area contributed by atoms with Crippen molar-refractivity contribution < 1.29 is 38.6 Å². The number of anilines is 3. The molecule has 0 radical (unpaired) electrons. The summed E-state index contributed by atoms with van der Waals surface area (Å²) in [6.07, 6.45) is -0.0442. The molecule has 1 aromatic heterocycles. The number of carbonyl (C=O) groups is 3. The first-order valence-corrected chi connectivity index (χ1v) is 12.0. The smallest absolute Gasteiger partial charge is 0.348 e. The number of nitrogens with zero attached hydrogens (tertiary/aromatic N) is 2. The molecule has 1 heterocycles. The molecule has 0 bridgehead atoms. The molecule has 0 fully saturated rings. The van der Waals surface area contributed by atoms with Gasteiger partial charge in [-0.3, -0.25) is 29.8 Å². The number of aromatic nitrogens is 1. The van der Waals surface area contributed by atoms with Gasteiger partial charge >= 0.3 is 11.0 Å². The van der Waals surface area contributed by atoms with E-state index < -0.39 is 16.8 Å². The highest BCUT2D eigenvalue weighted by Crippen LogP contribution is 2.30. The topological polar surface area (TPSA) is 191 Å². The summed E-state index contributed by atoms with van der Waals surface area (Å²) in [6, 6.07) is 4.77. The molecule has 0 aliphatic carbocycles. The quantitative estimate of drug-likeness (QED) is 0.131. The maximum Gasteiger partial charge on any atom is 0.348 e. The first-order valence-electron chi connectivity index (χ1n) is 11.2. The van der Waals surface area contributed by atoms with Crippen molar-refractivity contribution in [2.24, 2.45) is 0 Å². The summed E-state index contributed by atoms with van der Waals surface area (Å²) in [5, 5.41) is 27.7. The average Bonchev–Trinajstić information content (AvgIpc) is 3.19. The second kappa shape index (κ2) is 15.5. The highest BCUT2D eigenvalue weighted by atomic mass is 32.1. The second-order valence-electron chi connectivity index (χ2n) is 7.47. The van der Waals surface area contributed by atoms with Crippen LogP contribution in [0.2, 0.25) is 0 Å². The van der Waals surface area contributed by atoms with Crippen LogP contribution in [0.1, 0.15) is 29.4 Å². The van der Waals surface area contributed by atoms with Crippen LogP contribution < -0.4 is 16.0 Å². The number of aliphatic carboxylic acids is 1. The van der Waals surface area contributed by atoms with Gasteiger partial charge in [-0.05, 0) is 36.5 Å². The summed E-state index contributed by atoms with van der Waals surface area (Å²) in [5.41, 5.74) is 1.26. The predicted octanol–water partition coefficient (Wildman–Crippen LogP) is 2.51. The number of carboxylic acid groups (broad SMARTS) is 1. The van der Waals surface area contributed by atoms with Gasteiger partial charge in [0.25, 0.3) is 5.91 Å². The van der Waals surface area contributed by atoms with Gasteiger partial charge < -0.3 is 30.0 Å². The SMILES string of the molecule is CC(=O)Nc1cc(NCCOCCOCCOCCC(=O)O)ccc1C(=O)Nc1nc(C)c([N+](=O)[O-])s1. The number of carbonyl (C=O) groups excluding carboxylic acids is 2. The van der Waals surface area contributed by atoms with E-state index in [0.29, 0.717) is 45.3 Å². The number of nitrogens with one attached hydrogen (secondary N) is 3. The number of thiazole rings is 1. The minimum atomic E-state index is -0.910. The fourth-order valence-corrected chi connectivity index (χ4v) is 3.67. The van der Waals surface area contributed by atoms with E-state index in [1.165, 1.54) is 19.9 Å². The van der Waals surface area contributed by atoms with Gasteiger partial charge in [0.05, 0.1) is 62.2 Å². The van der Waals surface area contributed by atoms with Crippen molar-refractivity contribution in [2.75, 3.05) is 62.1 Å². The molecule has 0 saturated carbocycles. The molecule has 0 aliphatic rings. The molecule has 0 unspecified atom stereocenters. The molecule has 2 amide bonds. The Hall–Kier alpha value is -3.66. The standard InChI is InChI=1S/C22H29N5O9S/c1-14-21(27(32)33)37-22(24-14)26-20(31)17-4-3-16(13-18(17)25-15(2)28)23-6-8-35-10-12-36-11-9-34-7-5-19(29)30/h3-4,13,23H,5-12H2,1-2H3,(H,25,28)(H,29,30)(H,24,26,31). The summed E-state index contributed by atoms with van der Waals surface area (Å²) in [7, 11) is 0. The molecular weight excluding hydrogens is 510 g/mol. The minimum absolute atomic E-state index is 0.0442. The van der Waals surface area contributed by atoms with Crippen LogP contribution >= 0.6 is 11.3 Å². The summed E-state index contributed by atoms with van der Waals surface area (Å²) in [4.78, 5) is 49.2. The summed E-state index contributed by atoms with van der Waals surface area (Å²) in [5.74, 6) is -1.86. The van der Waals surface area contributed by atoms with Crippen LogP contribution in [-0.2, 0) is 23.8 Å². The van der Waals surface area contributed by atoms with E-state index in [1.54, 1.807) is 12.1 Å². The Bertz CT molecular complexity index is 1090. The number of benzene rings is 1. The fraction of sp³-hybridized carbons (Fsp3) is 0.455. The molecule has 1 aromatic carbocycles.